The van der Waals surface area contributed by atoms with Crippen LogP contribution >= 0.6 is 35.3 Å². The third-order valence-electron chi connectivity index (χ3n) is 3.28. The highest BCUT2D eigenvalue weighted by atomic mass is 127. The van der Waals surface area contributed by atoms with E-state index in [0.29, 0.717) is 5.13 Å². The Balaban J connectivity index is 0.00000110. The number of benzene rings is 1. The van der Waals surface area contributed by atoms with E-state index in [-0.39, 0.29) is 24.0 Å². The fourth-order valence-corrected chi connectivity index (χ4v) is 3.32. The summed E-state index contributed by atoms with van der Waals surface area (Å²) in [4.78, 5) is 5.67. The summed E-state index contributed by atoms with van der Waals surface area (Å²) in [6, 6.07) is 8.42. The summed E-state index contributed by atoms with van der Waals surface area (Å²) in [5.74, 6) is 0. The maximum absolute atomic E-state index is 5.75. The minimum atomic E-state index is 0. The molecule has 1 aliphatic rings. The first-order chi connectivity index (χ1) is 8.81. The SMILES string of the molecule is I.Nc1nc2c(s1)Cc1cc(-c3ccoc3)ccc1-2. The van der Waals surface area contributed by atoms with Crippen LogP contribution in [0, 0.1) is 0 Å². The molecule has 0 fully saturated rings. The maximum Gasteiger partial charge on any atom is 0.180 e. The van der Waals surface area contributed by atoms with Gasteiger partial charge in [-0.1, -0.05) is 12.1 Å². The topological polar surface area (TPSA) is 52.0 Å². The van der Waals surface area contributed by atoms with Gasteiger partial charge in [0.05, 0.1) is 18.2 Å². The van der Waals surface area contributed by atoms with Gasteiger partial charge in [0, 0.05) is 22.4 Å². The van der Waals surface area contributed by atoms with E-state index in [1.807, 2.05) is 6.07 Å². The van der Waals surface area contributed by atoms with Gasteiger partial charge in [-0.25, -0.2) is 4.98 Å². The van der Waals surface area contributed by atoms with Crippen molar-refractivity contribution < 1.29 is 4.42 Å². The van der Waals surface area contributed by atoms with E-state index in [0.717, 1.165) is 17.7 Å². The molecule has 19 heavy (non-hydrogen) atoms. The molecule has 0 radical (unpaired) electrons. The molecule has 0 unspecified atom stereocenters. The molecule has 0 saturated heterocycles. The van der Waals surface area contributed by atoms with Gasteiger partial charge in [-0.3, -0.25) is 0 Å². The molecule has 3 aromatic rings. The quantitative estimate of drug-likeness (QED) is 0.503. The van der Waals surface area contributed by atoms with Crippen LogP contribution in [0.15, 0.2) is 41.2 Å². The monoisotopic (exact) mass is 382 g/mol. The molecule has 5 heteroatoms. The van der Waals surface area contributed by atoms with Crippen molar-refractivity contribution in [2.45, 2.75) is 6.42 Å². The Hall–Kier alpha value is -1.34. The summed E-state index contributed by atoms with van der Waals surface area (Å²) in [5, 5.41) is 0.657. The normalized spacial score (nSPS) is 11.8. The summed E-state index contributed by atoms with van der Waals surface area (Å²) in [7, 11) is 0. The second-order valence-corrected chi connectivity index (χ2v) is 5.50. The number of fused-ring (bicyclic) bond motifs is 3. The Kier molecular flexibility index (Phi) is 3.10. The van der Waals surface area contributed by atoms with Gasteiger partial charge in [0.25, 0.3) is 0 Å². The van der Waals surface area contributed by atoms with E-state index in [1.165, 1.54) is 21.6 Å². The highest BCUT2D eigenvalue weighted by Crippen LogP contribution is 2.41. The van der Waals surface area contributed by atoms with Crippen LogP contribution in [0.2, 0.25) is 0 Å². The molecule has 0 saturated carbocycles. The Morgan fingerprint density at radius 2 is 2.11 bits per heavy atom. The largest absolute Gasteiger partial charge is 0.472 e. The van der Waals surface area contributed by atoms with Crippen LogP contribution in [-0.4, -0.2) is 4.98 Å². The number of anilines is 1. The molecule has 3 nitrogen and oxygen atoms in total. The van der Waals surface area contributed by atoms with Crippen molar-refractivity contribution in [2.24, 2.45) is 0 Å². The zero-order valence-electron chi connectivity index (χ0n) is 9.92. The summed E-state index contributed by atoms with van der Waals surface area (Å²) < 4.78 is 5.12. The van der Waals surface area contributed by atoms with E-state index in [9.17, 15) is 0 Å². The molecular weight excluding hydrogens is 371 g/mol. The zero-order chi connectivity index (χ0) is 12.1. The van der Waals surface area contributed by atoms with Crippen molar-refractivity contribution in [3.8, 4) is 22.4 Å². The molecule has 96 valence electrons. The molecule has 1 aromatic carbocycles. The van der Waals surface area contributed by atoms with Crippen LogP contribution in [0.25, 0.3) is 22.4 Å². The fraction of sp³-hybridized carbons (Fsp3) is 0.0714. The van der Waals surface area contributed by atoms with E-state index in [1.54, 1.807) is 23.9 Å². The lowest BCUT2D eigenvalue weighted by Gasteiger charge is -2.02. The Morgan fingerprint density at radius 1 is 1.21 bits per heavy atom. The van der Waals surface area contributed by atoms with Crippen LogP contribution in [0.3, 0.4) is 0 Å². The molecule has 2 N–H and O–H groups in total. The van der Waals surface area contributed by atoms with Crippen LogP contribution in [0.4, 0.5) is 5.13 Å². The molecule has 1 aliphatic carbocycles. The average Bonchev–Trinajstić information content (AvgIpc) is 3.02. The van der Waals surface area contributed by atoms with Gasteiger partial charge in [-0.2, -0.15) is 0 Å². The lowest BCUT2D eigenvalue weighted by molar-refractivity contribution is 0.568. The molecule has 0 bridgehead atoms. The first-order valence-electron chi connectivity index (χ1n) is 5.72. The van der Waals surface area contributed by atoms with E-state index in [2.05, 4.69) is 23.2 Å². The number of furan rings is 1. The number of aromatic nitrogens is 1. The van der Waals surface area contributed by atoms with Gasteiger partial charge in [0.2, 0.25) is 0 Å². The number of halogens is 1. The van der Waals surface area contributed by atoms with Crippen molar-refractivity contribution in [1.29, 1.82) is 0 Å². The summed E-state index contributed by atoms with van der Waals surface area (Å²) in [6.07, 6.45) is 4.40. The zero-order valence-corrected chi connectivity index (χ0v) is 13.1. The van der Waals surface area contributed by atoms with E-state index < -0.39 is 0 Å². The molecule has 0 spiro atoms. The van der Waals surface area contributed by atoms with Gasteiger partial charge in [-0.05, 0) is 23.3 Å². The van der Waals surface area contributed by atoms with Gasteiger partial charge >= 0.3 is 0 Å². The number of nitrogens with zero attached hydrogens (tertiary/aromatic N) is 1. The van der Waals surface area contributed by atoms with Gasteiger partial charge in [-0.15, -0.1) is 35.3 Å². The van der Waals surface area contributed by atoms with Gasteiger partial charge in [0.1, 0.15) is 0 Å². The van der Waals surface area contributed by atoms with Crippen molar-refractivity contribution in [2.75, 3.05) is 5.73 Å². The molecule has 0 atom stereocenters. The van der Waals surface area contributed by atoms with E-state index in [4.69, 9.17) is 10.2 Å². The number of hydrogen-bond donors (Lipinski definition) is 1. The third-order valence-corrected chi connectivity index (χ3v) is 4.16. The Bertz CT molecular complexity index is 734. The Morgan fingerprint density at radius 3 is 2.89 bits per heavy atom. The smallest absolute Gasteiger partial charge is 0.180 e. The van der Waals surface area contributed by atoms with Crippen LogP contribution in [0.1, 0.15) is 10.4 Å². The van der Waals surface area contributed by atoms with Crippen LogP contribution < -0.4 is 5.73 Å². The van der Waals surface area contributed by atoms with Crippen molar-refractivity contribution in [3.63, 3.8) is 0 Å². The van der Waals surface area contributed by atoms with Crippen molar-refractivity contribution >= 4 is 40.4 Å². The van der Waals surface area contributed by atoms with Crippen molar-refractivity contribution in [1.82, 2.24) is 4.98 Å². The highest BCUT2D eigenvalue weighted by Gasteiger charge is 2.23. The number of thiazole rings is 1. The molecule has 4 rings (SSSR count). The fourth-order valence-electron chi connectivity index (χ4n) is 2.45. The van der Waals surface area contributed by atoms with Crippen molar-refractivity contribution in [3.05, 3.63) is 47.2 Å². The predicted molar refractivity (Wildman–Crippen MR) is 87.9 cm³/mol. The minimum absolute atomic E-state index is 0. The average molecular weight is 382 g/mol. The lowest BCUT2D eigenvalue weighted by atomic mass is 10.0. The number of nitrogen functional groups attached to an aromatic ring is 1. The standard InChI is InChI=1S/C14H10N2OS.HI/c15-14-16-13-11-2-1-8(9-3-4-17-7-9)5-10(11)6-12(13)18-14;/h1-5,7H,6H2,(H2,15,16);1H. The minimum Gasteiger partial charge on any atom is -0.472 e. The summed E-state index contributed by atoms with van der Waals surface area (Å²) in [6.45, 7) is 0. The third kappa shape index (κ3) is 1.97. The van der Waals surface area contributed by atoms with Crippen LogP contribution in [-0.2, 0) is 6.42 Å². The molecular formula is C14H11IN2OS. The second kappa shape index (κ2) is 4.64. The first kappa shape index (κ1) is 12.7. The highest BCUT2D eigenvalue weighted by molar-refractivity contribution is 14.0. The lowest BCUT2D eigenvalue weighted by Crippen LogP contribution is -1.85. The molecule has 0 aliphatic heterocycles. The number of rotatable bonds is 1. The predicted octanol–water partition coefficient (Wildman–Crippen LogP) is 4.17. The second-order valence-electron chi connectivity index (χ2n) is 4.38. The Labute approximate surface area is 131 Å². The number of nitrogens with two attached hydrogens (primary N) is 1. The molecule has 0 amide bonds. The first-order valence-corrected chi connectivity index (χ1v) is 6.54. The molecule has 2 heterocycles. The molecule has 2 aromatic heterocycles. The van der Waals surface area contributed by atoms with Crippen LogP contribution in [0.5, 0.6) is 0 Å². The maximum atomic E-state index is 5.75. The number of hydrogen-bond acceptors (Lipinski definition) is 4. The summed E-state index contributed by atoms with van der Waals surface area (Å²) >= 11 is 1.58. The summed E-state index contributed by atoms with van der Waals surface area (Å²) in [5.41, 5.74) is 11.6. The van der Waals surface area contributed by atoms with Gasteiger partial charge < -0.3 is 10.2 Å². The van der Waals surface area contributed by atoms with E-state index >= 15 is 0 Å². The van der Waals surface area contributed by atoms with Gasteiger partial charge in [0.15, 0.2) is 5.13 Å².